The van der Waals surface area contributed by atoms with Crippen molar-refractivity contribution in [2.75, 3.05) is 6.61 Å². The Kier molecular flexibility index (Phi) is 6.59. The first-order valence-electron chi connectivity index (χ1n) is 9.22. The minimum atomic E-state index is -2.25. The number of esters is 2. The zero-order valence-corrected chi connectivity index (χ0v) is 17.0. The number of alkyl halides is 1. The first-order valence-corrected chi connectivity index (χ1v) is 9.22. The number of ether oxygens (including phenoxy) is 3. The number of aryl methyl sites for hydroxylation is 1. The van der Waals surface area contributed by atoms with Gasteiger partial charge in [-0.05, 0) is 19.9 Å². The standard InChI is InChI=1S/C19H27FN2O6/c1-10(2)15(23)26-9-13-14(28-16(24)11(3)4)19(6,20)17(27-13)22-8-7-12(5)21-18(22)25/h7-8,10-11,13-14,17H,9H2,1-6H3/t13-,14-,17?,19-/m1/s1. The molecule has 0 aliphatic carbocycles. The van der Waals surface area contributed by atoms with Gasteiger partial charge in [-0.1, -0.05) is 27.7 Å². The average Bonchev–Trinajstić information content (AvgIpc) is 2.83. The van der Waals surface area contributed by atoms with E-state index in [1.54, 1.807) is 40.7 Å². The summed E-state index contributed by atoms with van der Waals surface area (Å²) in [7, 11) is 0. The smallest absolute Gasteiger partial charge is 0.349 e. The van der Waals surface area contributed by atoms with Crippen molar-refractivity contribution in [3.05, 3.63) is 28.4 Å². The van der Waals surface area contributed by atoms with E-state index in [0.717, 1.165) is 4.57 Å². The molecule has 0 N–H and O–H groups in total. The van der Waals surface area contributed by atoms with Gasteiger partial charge in [0.25, 0.3) is 0 Å². The van der Waals surface area contributed by atoms with Gasteiger partial charge in [0.2, 0.25) is 0 Å². The van der Waals surface area contributed by atoms with Crippen molar-refractivity contribution in [2.24, 2.45) is 11.8 Å². The molecule has 28 heavy (non-hydrogen) atoms. The molecule has 0 aromatic carbocycles. The molecule has 0 radical (unpaired) electrons. The predicted molar refractivity (Wildman–Crippen MR) is 97.2 cm³/mol. The topological polar surface area (TPSA) is 96.7 Å². The number of aromatic nitrogens is 2. The van der Waals surface area contributed by atoms with Crippen molar-refractivity contribution in [3.8, 4) is 0 Å². The van der Waals surface area contributed by atoms with Gasteiger partial charge in [-0.2, -0.15) is 4.98 Å². The first kappa shape index (κ1) is 22.0. The lowest BCUT2D eigenvalue weighted by Gasteiger charge is -2.28. The second-order valence-corrected chi connectivity index (χ2v) is 7.73. The Morgan fingerprint density at radius 2 is 1.89 bits per heavy atom. The number of carbonyl (C=O) groups excluding carboxylic acids is 2. The van der Waals surface area contributed by atoms with Gasteiger partial charge in [0.15, 0.2) is 18.0 Å². The Balaban J connectivity index is 2.34. The van der Waals surface area contributed by atoms with Crippen LogP contribution in [0.1, 0.15) is 46.5 Å². The van der Waals surface area contributed by atoms with Gasteiger partial charge in [-0.25, -0.2) is 9.18 Å². The number of carbonyl (C=O) groups is 2. The SMILES string of the molecule is Cc1ccn(C2O[C@H](COC(=O)C(C)C)[C@@H](OC(=O)C(C)C)[C@@]2(C)F)c(=O)n1. The third-order valence-corrected chi connectivity index (χ3v) is 4.48. The highest BCUT2D eigenvalue weighted by atomic mass is 19.1. The van der Waals surface area contributed by atoms with Gasteiger partial charge in [0.1, 0.15) is 12.7 Å². The highest BCUT2D eigenvalue weighted by molar-refractivity contribution is 5.72. The molecule has 0 spiro atoms. The van der Waals surface area contributed by atoms with E-state index in [1.807, 2.05) is 0 Å². The van der Waals surface area contributed by atoms with E-state index in [9.17, 15) is 14.4 Å². The number of hydrogen-bond acceptors (Lipinski definition) is 7. The monoisotopic (exact) mass is 398 g/mol. The van der Waals surface area contributed by atoms with Crippen LogP contribution in [0, 0.1) is 18.8 Å². The Bertz CT molecular complexity index is 789. The van der Waals surface area contributed by atoms with Gasteiger partial charge in [-0.3, -0.25) is 14.2 Å². The minimum Gasteiger partial charge on any atom is -0.463 e. The van der Waals surface area contributed by atoms with Crippen molar-refractivity contribution >= 4 is 11.9 Å². The van der Waals surface area contributed by atoms with Crippen LogP contribution in [0.5, 0.6) is 0 Å². The molecule has 1 aromatic heterocycles. The maximum atomic E-state index is 15.7. The number of hydrogen-bond donors (Lipinski definition) is 0. The molecule has 1 fully saturated rings. The molecule has 0 amide bonds. The van der Waals surface area contributed by atoms with Crippen molar-refractivity contribution in [1.29, 1.82) is 0 Å². The van der Waals surface area contributed by atoms with Crippen LogP contribution in [0.3, 0.4) is 0 Å². The molecule has 0 bridgehead atoms. The maximum absolute atomic E-state index is 15.7. The fourth-order valence-electron chi connectivity index (χ4n) is 2.80. The second kappa shape index (κ2) is 8.38. The molecule has 8 nitrogen and oxygen atoms in total. The third-order valence-electron chi connectivity index (χ3n) is 4.48. The maximum Gasteiger partial charge on any atom is 0.349 e. The van der Waals surface area contributed by atoms with E-state index in [0.29, 0.717) is 5.69 Å². The molecule has 0 saturated carbocycles. The molecule has 1 unspecified atom stereocenters. The van der Waals surface area contributed by atoms with Crippen LogP contribution >= 0.6 is 0 Å². The summed E-state index contributed by atoms with van der Waals surface area (Å²) < 4.78 is 32.9. The molecule has 2 rings (SSSR count). The summed E-state index contributed by atoms with van der Waals surface area (Å²) in [4.78, 5) is 39.9. The third kappa shape index (κ3) is 4.57. The number of nitrogens with zero attached hydrogens (tertiary/aromatic N) is 2. The van der Waals surface area contributed by atoms with E-state index in [2.05, 4.69) is 4.98 Å². The summed E-state index contributed by atoms with van der Waals surface area (Å²) in [6.45, 7) is 9.07. The molecule has 1 aromatic rings. The largest absolute Gasteiger partial charge is 0.463 e. The van der Waals surface area contributed by atoms with E-state index >= 15 is 4.39 Å². The second-order valence-electron chi connectivity index (χ2n) is 7.73. The molecule has 1 aliphatic rings. The predicted octanol–water partition coefficient (Wildman–Crippen LogP) is 1.94. The Morgan fingerprint density at radius 1 is 1.29 bits per heavy atom. The molecule has 4 atom stereocenters. The summed E-state index contributed by atoms with van der Waals surface area (Å²) in [6, 6.07) is 1.54. The van der Waals surface area contributed by atoms with Crippen LogP contribution in [0.15, 0.2) is 17.1 Å². The van der Waals surface area contributed by atoms with Crippen molar-refractivity contribution in [3.63, 3.8) is 0 Å². The van der Waals surface area contributed by atoms with Gasteiger partial charge < -0.3 is 14.2 Å². The Hall–Kier alpha value is -2.29. The molecular formula is C19H27FN2O6. The number of halogens is 1. The summed E-state index contributed by atoms with van der Waals surface area (Å²) >= 11 is 0. The Labute approximate surface area is 163 Å². The van der Waals surface area contributed by atoms with Crippen molar-refractivity contribution < 1.29 is 28.2 Å². The molecule has 156 valence electrons. The lowest BCUT2D eigenvalue weighted by Crippen LogP contribution is -2.46. The highest BCUT2D eigenvalue weighted by Crippen LogP contribution is 2.42. The molecule has 1 saturated heterocycles. The fourth-order valence-corrected chi connectivity index (χ4v) is 2.80. The minimum absolute atomic E-state index is 0.308. The van der Waals surface area contributed by atoms with E-state index in [1.165, 1.54) is 13.1 Å². The lowest BCUT2D eigenvalue weighted by molar-refractivity contribution is -0.165. The van der Waals surface area contributed by atoms with Gasteiger partial charge in [0, 0.05) is 11.9 Å². The first-order chi connectivity index (χ1) is 12.9. The quantitative estimate of drug-likeness (QED) is 0.676. The fraction of sp³-hybridized carbons (Fsp3) is 0.684. The molecule has 2 heterocycles. The molecular weight excluding hydrogens is 371 g/mol. The highest BCUT2D eigenvalue weighted by Gasteiger charge is 2.58. The van der Waals surface area contributed by atoms with Crippen LogP contribution in [0.25, 0.3) is 0 Å². The van der Waals surface area contributed by atoms with E-state index < -0.39 is 47.7 Å². The number of rotatable bonds is 6. The van der Waals surface area contributed by atoms with Gasteiger partial charge in [0.05, 0.1) is 11.8 Å². The van der Waals surface area contributed by atoms with Crippen LogP contribution in [-0.2, 0) is 23.8 Å². The van der Waals surface area contributed by atoms with E-state index in [4.69, 9.17) is 14.2 Å². The molecule has 9 heteroatoms. The van der Waals surface area contributed by atoms with Crippen LogP contribution in [-0.4, -0.2) is 46.0 Å². The normalized spacial score (nSPS) is 27.2. The summed E-state index contributed by atoms with van der Waals surface area (Å²) in [6.07, 6.45) is -2.45. The van der Waals surface area contributed by atoms with Crippen LogP contribution in [0.2, 0.25) is 0 Å². The summed E-state index contributed by atoms with van der Waals surface area (Å²) in [5, 5.41) is 0. The van der Waals surface area contributed by atoms with Gasteiger partial charge >= 0.3 is 17.6 Å². The van der Waals surface area contributed by atoms with Crippen LogP contribution in [0.4, 0.5) is 4.39 Å². The zero-order valence-electron chi connectivity index (χ0n) is 17.0. The van der Waals surface area contributed by atoms with Crippen LogP contribution < -0.4 is 5.69 Å². The Morgan fingerprint density at radius 3 is 2.43 bits per heavy atom. The van der Waals surface area contributed by atoms with Crippen molar-refractivity contribution in [1.82, 2.24) is 9.55 Å². The average molecular weight is 398 g/mol. The summed E-state index contributed by atoms with van der Waals surface area (Å²) in [5.41, 5.74) is -2.46. The summed E-state index contributed by atoms with van der Waals surface area (Å²) in [5.74, 6) is -1.98. The van der Waals surface area contributed by atoms with E-state index in [-0.39, 0.29) is 12.5 Å². The van der Waals surface area contributed by atoms with Gasteiger partial charge in [-0.15, -0.1) is 0 Å². The van der Waals surface area contributed by atoms with Crippen molar-refractivity contribution in [2.45, 2.75) is 65.6 Å². The lowest BCUT2D eigenvalue weighted by atomic mass is 9.98. The zero-order chi connectivity index (χ0) is 21.2. The molecule has 1 aliphatic heterocycles.